The second kappa shape index (κ2) is 18.3. The van der Waals surface area contributed by atoms with Crippen LogP contribution in [0.4, 0.5) is 10.7 Å². The molecule has 0 saturated carbocycles. The molecule has 300 valence electrons. The fourth-order valence-electron chi connectivity index (χ4n) is 7.33. The third-order valence-corrected chi connectivity index (χ3v) is 11.9. The van der Waals surface area contributed by atoms with Gasteiger partial charge >= 0.3 is 0 Å². The highest BCUT2D eigenvalue weighted by Crippen LogP contribution is 2.40. The van der Waals surface area contributed by atoms with Crippen LogP contribution in [-0.4, -0.2) is 83.5 Å². The normalized spacial score (nSPS) is 17.8. The van der Waals surface area contributed by atoms with Crippen LogP contribution < -0.4 is 26.2 Å². The number of anilines is 2. The number of unbranched alkanes of at least 4 members (excludes halogenated alkanes) is 2. The van der Waals surface area contributed by atoms with Gasteiger partial charge in [-0.2, -0.15) is 0 Å². The lowest BCUT2D eigenvalue weighted by molar-refractivity contribution is -0.137. The third kappa shape index (κ3) is 9.49. The van der Waals surface area contributed by atoms with Crippen molar-refractivity contribution in [2.24, 2.45) is 4.99 Å². The molecule has 3 aliphatic heterocycles. The average molecular weight is 814 g/mol. The Morgan fingerprint density at radius 1 is 1.00 bits per heavy atom. The number of fused-ring (bicyclic) bond motifs is 2. The van der Waals surface area contributed by atoms with E-state index in [-0.39, 0.29) is 61.1 Å². The first-order chi connectivity index (χ1) is 27.3. The van der Waals surface area contributed by atoms with Gasteiger partial charge < -0.3 is 20.9 Å². The van der Waals surface area contributed by atoms with Crippen LogP contribution in [-0.2, 0) is 25.7 Å². The summed E-state index contributed by atoms with van der Waals surface area (Å²) < 4.78 is 0. The first kappa shape index (κ1) is 41.4. The van der Waals surface area contributed by atoms with Gasteiger partial charge in [-0.15, -0.1) is 11.3 Å². The van der Waals surface area contributed by atoms with Crippen molar-refractivity contribution in [3.8, 4) is 0 Å². The molecule has 4 heterocycles. The number of rotatable bonds is 15. The maximum Gasteiger partial charge on any atom is 0.255 e. The molecule has 1 saturated heterocycles. The zero-order valence-corrected chi connectivity index (χ0v) is 33.9. The number of carbonyl (C=O) groups excluding carboxylic acids is 5. The molecule has 2 aromatic carbocycles. The Hall–Kier alpha value is -5.25. The van der Waals surface area contributed by atoms with Crippen molar-refractivity contribution >= 4 is 80.5 Å². The van der Waals surface area contributed by atoms with Crippen LogP contribution >= 0.6 is 22.9 Å². The van der Waals surface area contributed by atoms with Crippen LogP contribution in [0.3, 0.4) is 0 Å². The predicted octanol–water partition coefficient (Wildman–Crippen LogP) is 5.46. The monoisotopic (exact) mass is 813 g/mol. The van der Waals surface area contributed by atoms with Crippen molar-refractivity contribution in [3.63, 3.8) is 0 Å². The SMILES string of the molecule is CC(=N)N1C(=N)[C@H](CC(=O)NCCCNCCCCCC(=O)Nc2cccc3c2CN(C2CCC(=O)NC2=O)C3=O)N=C(c2ccc(Cl)cc2)c2c1sc(C)c2C. The Kier molecular flexibility index (Phi) is 13.3. The molecule has 5 amide bonds. The zero-order valence-electron chi connectivity index (χ0n) is 32.4. The van der Waals surface area contributed by atoms with E-state index in [2.05, 4.69) is 21.3 Å². The maximum absolute atomic E-state index is 13.2. The lowest BCUT2D eigenvalue weighted by atomic mass is 9.99. The molecule has 1 fully saturated rings. The van der Waals surface area contributed by atoms with Crippen molar-refractivity contribution in [1.82, 2.24) is 20.9 Å². The second-order valence-corrected chi connectivity index (χ2v) is 16.2. The highest BCUT2D eigenvalue weighted by molar-refractivity contribution is 7.17. The summed E-state index contributed by atoms with van der Waals surface area (Å²) in [6.07, 6.45) is 3.88. The molecule has 57 heavy (non-hydrogen) atoms. The van der Waals surface area contributed by atoms with Crippen LogP contribution in [0, 0.1) is 24.7 Å². The number of amidine groups is 2. The topological polar surface area (TPSA) is 200 Å². The van der Waals surface area contributed by atoms with E-state index in [9.17, 15) is 24.0 Å². The van der Waals surface area contributed by atoms with Gasteiger partial charge in [0.05, 0.1) is 12.1 Å². The molecule has 16 heteroatoms. The molecule has 3 aromatic rings. The van der Waals surface area contributed by atoms with Gasteiger partial charge in [0.15, 0.2) is 0 Å². The summed E-state index contributed by atoms with van der Waals surface area (Å²) in [6, 6.07) is 11.0. The van der Waals surface area contributed by atoms with Gasteiger partial charge in [0.25, 0.3) is 5.91 Å². The van der Waals surface area contributed by atoms with Gasteiger partial charge in [-0.1, -0.05) is 36.2 Å². The molecule has 0 spiro atoms. The summed E-state index contributed by atoms with van der Waals surface area (Å²) >= 11 is 7.70. The minimum atomic E-state index is -0.788. The molecule has 6 N–H and O–H groups in total. The highest BCUT2D eigenvalue weighted by atomic mass is 35.5. The molecule has 2 atom stereocenters. The Morgan fingerprint density at radius 3 is 2.49 bits per heavy atom. The molecule has 0 aliphatic carbocycles. The van der Waals surface area contributed by atoms with Crippen molar-refractivity contribution in [1.29, 1.82) is 10.8 Å². The van der Waals surface area contributed by atoms with E-state index in [1.165, 1.54) is 16.2 Å². The van der Waals surface area contributed by atoms with Gasteiger partial charge in [0.2, 0.25) is 23.6 Å². The number of piperidine rings is 1. The first-order valence-corrected chi connectivity index (χ1v) is 20.4. The van der Waals surface area contributed by atoms with E-state index in [1.54, 1.807) is 42.2 Å². The number of benzene rings is 2. The molecule has 1 unspecified atom stereocenters. The van der Waals surface area contributed by atoms with E-state index in [4.69, 9.17) is 27.4 Å². The number of thiophene rings is 1. The molecule has 0 bridgehead atoms. The number of nitrogens with one attached hydrogen (secondary N) is 6. The minimum absolute atomic E-state index is 0.0284. The lowest BCUT2D eigenvalue weighted by Crippen LogP contribution is -2.52. The van der Waals surface area contributed by atoms with Crippen LogP contribution in [0.1, 0.15) is 95.8 Å². The molecule has 14 nitrogen and oxygen atoms in total. The van der Waals surface area contributed by atoms with Gasteiger partial charge in [0.1, 0.15) is 28.8 Å². The second-order valence-electron chi connectivity index (χ2n) is 14.5. The number of amides is 5. The fourth-order valence-corrected chi connectivity index (χ4v) is 8.68. The van der Waals surface area contributed by atoms with Crippen molar-refractivity contribution in [2.45, 2.75) is 90.8 Å². The van der Waals surface area contributed by atoms with Crippen LogP contribution in [0.25, 0.3) is 0 Å². The predicted molar refractivity (Wildman–Crippen MR) is 223 cm³/mol. The maximum atomic E-state index is 13.2. The molecule has 1 aromatic heterocycles. The van der Waals surface area contributed by atoms with Gasteiger partial charge in [-0.25, -0.2) is 0 Å². The van der Waals surface area contributed by atoms with Crippen LogP contribution in [0.15, 0.2) is 47.5 Å². The van der Waals surface area contributed by atoms with Crippen molar-refractivity contribution in [2.75, 3.05) is 29.9 Å². The van der Waals surface area contributed by atoms with Crippen LogP contribution in [0.5, 0.6) is 0 Å². The Morgan fingerprint density at radius 2 is 1.75 bits per heavy atom. The summed E-state index contributed by atoms with van der Waals surface area (Å²) in [6.45, 7) is 7.79. The van der Waals surface area contributed by atoms with E-state index in [0.717, 1.165) is 46.0 Å². The fraction of sp³-hybridized carbons (Fsp3) is 0.415. The smallest absolute Gasteiger partial charge is 0.255 e. The van der Waals surface area contributed by atoms with Gasteiger partial charge in [-0.3, -0.25) is 50.0 Å². The summed E-state index contributed by atoms with van der Waals surface area (Å²) in [4.78, 5) is 72.1. The van der Waals surface area contributed by atoms with Gasteiger partial charge in [-0.05, 0) is 89.4 Å². The highest BCUT2D eigenvalue weighted by Gasteiger charge is 2.40. The van der Waals surface area contributed by atoms with Crippen molar-refractivity contribution < 1.29 is 24.0 Å². The van der Waals surface area contributed by atoms with E-state index in [0.29, 0.717) is 59.9 Å². The molecular formula is C41H48ClN9O5S. The summed E-state index contributed by atoms with van der Waals surface area (Å²) in [5.41, 5.74) is 5.08. The standard InChI is InChI=1S/C41H48ClN9O5S/c1-23-24(2)57-41-36(23)37(26-12-14-27(42)15-13-26)48-31(38(44)51(41)25(3)43)21-35(54)46-20-8-19-45-18-6-4-5-11-33(52)47-30-10-7-9-28-29(30)22-50(40(28)56)32-16-17-34(53)49-39(32)55/h7,9-10,12-15,31-32,43-45H,4-6,8,11,16-22H2,1-3H3,(H,46,54)(H,47,52)(H,49,53,55)/t31-,32?/m0/s1. The number of carbonyl (C=O) groups is 5. The number of hydrogen-bond donors (Lipinski definition) is 6. The summed E-state index contributed by atoms with van der Waals surface area (Å²) in [5.74, 6) is -1.19. The molecular weight excluding hydrogens is 766 g/mol. The van der Waals surface area contributed by atoms with E-state index >= 15 is 0 Å². The van der Waals surface area contributed by atoms with E-state index in [1.807, 2.05) is 26.0 Å². The number of imide groups is 1. The summed E-state index contributed by atoms with van der Waals surface area (Å²) in [7, 11) is 0. The minimum Gasteiger partial charge on any atom is -0.356 e. The Labute approximate surface area is 340 Å². The average Bonchev–Trinajstić information content (AvgIpc) is 3.61. The summed E-state index contributed by atoms with van der Waals surface area (Å²) in [5, 5.41) is 30.6. The molecule has 0 radical (unpaired) electrons. The van der Waals surface area contributed by atoms with Crippen molar-refractivity contribution in [3.05, 3.63) is 80.2 Å². The number of nitrogens with zero attached hydrogens (tertiary/aromatic N) is 3. The third-order valence-electron chi connectivity index (χ3n) is 10.4. The Bertz CT molecular complexity index is 2130. The Balaban J connectivity index is 0.904. The first-order valence-electron chi connectivity index (χ1n) is 19.3. The molecule has 3 aliphatic rings. The number of aryl methyl sites for hydroxylation is 1. The number of aliphatic imine (C=N–C) groups is 1. The zero-order chi connectivity index (χ0) is 40.8. The van der Waals surface area contributed by atoms with Crippen LogP contribution in [0.2, 0.25) is 5.02 Å². The quantitative estimate of drug-likeness (QED) is 0.0506. The lowest BCUT2D eigenvalue weighted by Gasteiger charge is -2.29. The number of halogens is 1. The largest absolute Gasteiger partial charge is 0.356 e. The number of hydrogen-bond acceptors (Lipinski definition) is 10. The van der Waals surface area contributed by atoms with Gasteiger partial charge in [0, 0.05) is 63.8 Å². The molecule has 6 rings (SSSR count). The van der Waals surface area contributed by atoms with E-state index < -0.39 is 18.0 Å².